The van der Waals surface area contributed by atoms with E-state index in [1.165, 1.54) is 6.21 Å². The van der Waals surface area contributed by atoms with E-state index in [1.54, 1.807) is 43.3 Å². The van der Waals surface area contributed by atoms with Crippen LogP contribution in [0.2, 0.25) is 5.02 Å². The maximum atomic E-state index is 12.2. The van der Waals surface area contributed by atoms with Crippen LogP contribution in [-0.2, 0) is 4.79 Å². The second-order valence-electron chi connectivity index (χ2n) is 6.24. The molecule has 7 nitrogen and oxygen atoms in total. The lowest BCUT2D eigenvalue weighted by molar-refractivity contribution is -0.127. The number of carbonyl (C=O) groups is 1. The number of hydrazone groups is 1. The van der Waals surface area contributed by atoms with Crippen molar-refractivity contribution in [3.63, 3.8) is 0 Å². The molecule has 0 saturated heterocycles. The average Bonchev–Trinajstić information content (AvgIpc) is 2.74. The summed E-state index contributed by atoms with van der Waals surface area (Å²) in [6.07, 6.45) is 1.53. The molecule has 2 aromatic carbocycles. The van der Waals surface area contributed by atoms with Gasteiger partial charge in [0.1, 0.15) is 5.75 Å². The van der Waals surface area contributed by atoms with E-state index in [2.05, 4.69) is 10.5 Å². The number of hydrogen-bond donors (Lipinski definition) is 1. The van der Waals surface area contributed by atoms with Crippen LogP contribution in [0.3, 0.4) is 0 Å². The van der Waals surface area contributed by atoms with Crippen LogP contribution in [0.15, 0.2) is 41.5 Å². The SMILES string of the molecule is CCCOc1c(Cl)cc(/C=N/NC(=O)C(C)Oc2ccc(C#N)cc2)cc1OCC. The number of nitriles is 1. The number of nitrogens with one attached hydrogen (secondary N) is 1. The Labute approximate surface area is 181 Å². The zero-order chi connectivity index (χ0) is 21.9. The van der Waals surface area contributed by atoms with E-state index >= 15 is 0 Å². The molecule has 0 radical (unpaired) electrons. The molecule has 0 aromatic heterocycles. The van der Waals surface area contributed by atoms with Crippen LogP contribution in [0.4, 0.5) is 0 Å². The number of amides is 1. The van der Waals surface area contributed by atoms with Gasteiger partial charge in [-0.1, -0.05) is 18.5 Å². The van der Waals surface area contributed by atoms with Crippen molar-refractivity contribution in [3.05, 3.63) is 52.5 Å². The average molecular weight is 430 g/mol. The Balaban J connectivity index is 2.00. The Hall–Kier alpha value is -3.24. The normalized spacial score (nSPS) is 11.6. The summed E-state index contributed by atoms with van der Waals surface area (Å²) < 4.78 is 16.8. The van der Waals surface area contributed by atoms with Crippen molar-refractivity contribution < 1.29 is 19.0 Å². The standard InChI is InChI=1S/C22H24ClN3O4/c1-4-10-29-21-19(23)11-17(12-20(21)28-5-2)14-25-26-22(27)15(3)30-18-8-6-16(13-24)7-9-18/h6-9,11-12,14-15H,4-5,10H2,1-3H3,(H,26,27)/b25-14+. The molecule has 1 unspecified atom stereocenters. The van der Waals surface area contributed by atoms with Crippen molar-refractivity contribution in [2.45, 2.75) is 33.3 Å². The summed E-state index contributed by atoms with van der Waals surface area (Å²) >= 11 is 6.32. The smallest absolute Gasteiger partial charge is 0.280 e. The predicted octanol–water partition coefficient (Wildman–Crippen LogP) is 4.32. The first kappa shape index (κ1) is 23.0. The number of halogens is 1. The number of nitrogens with zero attached hydrogens (tertiary/aromatic N) is 2. The van der Waals surface area contributed by atoms with Crippen LogP contribution in [0, 0.1) is 11.3 Å². The second-order valence-corrected chi connectivity index (χ2v) is 6.65. The molecule has 1 N–H and O–H groups in total. The molecule has 0 aliphatic rings. The number of carbonyl (C=O) groups excluding carboxylic acids is 1. The number of hydrogen-bond acceptors (Lipinski definition) is 6. The van der Waals surface area contributed by atoms with Crippen molar-refractivity contribution in [2.75, 3.05) is 13.2 Å². The van der Waals surface area contributed by atoms with Gasteiger partial charge in [0.05, 0.1) is 36.1 Å². The van der Waals surface area contributed by atoms with Crippen LogP contribution in [0.25, 0.3) is 0 Å². The number of ether oxygens (including phenoxy) is 3. The van der Waals surface area contributed by atoms with Crippen LogP contribution < -0.4 is 19.6 Å². The van der Waals surface area contributed by atoms with Crippen molar-refractivity contribution in [2.24, 2.45) is 5.10 Å². The van der Waals surface area contributed by atoms with Gasteiger partial charge in [0.25, 0.3) is 5.91 Å². The minimum absolute atomic E-state index is 0.402. The van der Waals surface area contributed by atoms with Gasteiger partial charge in [-0.3, -0.25) is 4.79 Å². The highest BCUT2D eigenvalue weighted by atomic mass is 35.5. The third-order valence-corrected chi connectivity index (χ3v) is 4.12. The molecule has 0 aliphatic heterocycles. The third kappa shape index (κ3) is 6.68. The zero-order valence-corrected chi connectivity index (χ0v) is 17.9. The maximum absolute atomic E-state index is 12.2. The van der Waals surface area contributed by atoms with E-state index in [4.69, 9.17) is 31.1 Å². The topological polar surface area (TPSA) is 92.9 Å². The highest BCUT2D eigenvalue weighted by molar-refractivity contribution is 6.32. The molecule has 30 heavy (non-hydrogen) atoms. The minimum Gasteiger partial charge on any atom is -0.490 e. The molecule has 0 spiro atoms. The van der Waals surface area contributed by atoms with Gasteiger partial charge in [0.2, 0.25) is 0 Å². The first-order chi connectivity index (χ1) is 14.5. The van der Waals surface area contributed by atoms with Crippen LogP contribution >= 0.6 is 11.6 Å². The lowest BCUT2D eigenvalue weighted by Gasteiger charge is -2.14. The Bertz CT molecular complexity index is 923. The Morgan fingerprint density at radius 1 is 1.27 bits per heavy atom. The summed E-state index contributed by atoms with van der Waals surface area (Å²) in [5, 5.41) is 13.2. The fourth-order valence-electron chi connectivity index (χ4n) is 2.40. The lowest BCUT2D eigenvalue weighted by atomic mass is 10.2. The van der Waals surface area contributed by atoms with Crippen molar-refractivity contribution in [1.82, 2.24) is 5.43 Å². The number of rotatable bonds is 10. The molecule has 0 heterocycles. The summed E-state index contributed by atoms with van der Waals surface area (Å²) in [5.41, 5.74) is 3.59. The highest BCUT2D eigenvalue weighted by Crippen LogP contribution is 2.36. The Kier molecular flexibility index (Phi) is 8.98. The van der Waals surface area contributed by atoms with Gasteiger partial charge in [-0.2, -0.15) is 10.4 Å². The largest absolute Gasteiger partial charge is 0.490 e. The van der Waals surface area contributed by atoms with E-state index in [1.807, 2.05) is 19.9 Å². The highest BCUT2D eigenvalue weighted by Gasteiger charge is 2.15. The van der Waals surface area contributed by atoms with Crippen LogP contribution in [0.1, 0.15) is 38.3 Å². The second kappa shape index (κ2) is 11.7. The summed E-state index contributed by atoms with van der Waals surface area (Å²) in [5.74, 6) is 1.07. The van der Waals surface area contributed by atoms with E-state index in [0.29, 0.717) is 46.6 Å². The summed E-state index contributed by atoms with van der Waals surface area (Å²) in [6.45, 7) is 6.46. The molecule has 158 valence electrons. The first-order valence-electron chi connectivity index (χ1n) is 9.57. The monoisotopic (exact) mass is 429 g/mol. The van der Waals surface area contributed by atoms with Gasteiger partial charge < -0.3 is 14.2 Å². The third-order valence-electron chi connectivity index (χ3n) is 3.84. The van der Waals surface area contributed by atoms with Crippen LogP contribution in [-0.4, -0.2) is 31.4 Å². The van der Waals surface area contributed by atoms with Crippen molar-refractivity contribution in [1.29, 1.82) is 5.26 Å². The van der Waals surface area contributed by atoms with E-state index < -0.39 is 12.0 Å². The summed E-state index contributed by atoms with van der Waals surface area (Å²) in [6, 6.07) is 11.9. The van der Waals surface area contributed by atoms with Gasteiger partial charge in [0.15, 0.2) is 17.6 Å². The van der Waals surface area contributed by atoms with Gasteiger partial charge in [0, 0.05) is 0 Å². The molecule has 0 fully saturated rings. The fraction of sp³-hybridized carbons (Fsp3) is 0.318. The fourth-order valence-corrected chi connectivity index (χ4v) is 2.67. The van der Waals surface area contributed by atoms with Gasteiger partial charge in [-0.25, -0.2) is 5.43 Å². The molecule has 1 amide bonds. The Morgan fingerprint density at radius 2 is 2.00 bits per heavy atom. The zero-order valence-electron chi connectivity index (χ0n) is 17.1. The van der Waals surface area contributed by atoms with Crippen molar-refractivity contribution in [3.8, 4) is 23.3 Å². The molecule has 1 atom stereocenters. The molecule has 2 aromatic rings. The van der Waals surface area contributed by atoms with Gasteiger partial charge in [-0.15, -0.1) is 0 Å². The molecule has 8 heteroatoms. The van der Waals surface area contributed by atoms with Crippen molar-refractivity contribution >= 4 is 23.7 Å². The molecular formula is C22H24ClN3O4. The van der Waals surface area contributed by atoms with E-state index in [-0.39, 0.29) is 0 Å². The molecule has 0 aliphatic carbocycles. The predicted molar refractivity (Wildman–Crippen MR) is 115 cm³/mol. The minimum atomic E-state index is -0.775. The molecule has 2 rings (SSSR count). The summed E-state index contributed by atoms with van der Waals surface area (Å²) in [4.78, 5) is 12.2. The number of benzene rings is 2. The maximum Gasteiger partial charge on any atom is 0.280 e. The first-order valence-corrected chi connectivity index (χ1v) is 9.95. The quantitative estimate of drug-likeness (QED) is 0.448. The van der Waals surface area contributed by atoms with Gasteiger partial charge in [-0.05, 0) is 62.2 Å². The van der Waals surface area contributed by atoms with E-state index in [9.17, 15) is 4.79 Å². The van der Waals surface area contributed by atoms with E-state index in [0.717, 1.165) is 6.42 Å². The molecule has 0 saturated carbocycles. The summed E-state index contributed by atoms with van der Waals surface area (Å²) in [7, 11) is 0. The van der Waals surface area contributed by atoms with Gasteiger partial charge >= 0.3 is 0 Å². The van der Waals surface area contributed by atoms with Crippen LogP contribution in [0.5, 0.6) is 17.2 Å². The Morgan fingerprint density at radius 3 is 2.63 bits per heavy atom. The molecule has 0 bridgehead atoms. The molecular weight excluding hydrogens is 406 g/mol. The lowest BCUT2D eigenvalue weighted by Crippen LogP contribution is -2.33.